The summed E-state index contributed by atoms with van der Waals surface area (Å²) in [7, 11) is 0. The van der Waals surface area contributed by atoms with Crippen molar-refractivity contribution in [2.24, 2.45) is 0 Å². The molecule has 0 fully saturated rings. The summed E-state index contributed by atoms with van der Waals surface area (Å²) in [6.07, 6.45) is -0.441. The predicted octanol–water partition coefficient (Wildman–Crippen LogP) is 1.96. The average Bonchev–Trinajstić information content (AvgIpc) is 2.01. The second-order valence-electron chi connectivity index (χ2n) is 3.31. The molecular weight excluding hydrogens is 180 g/mol. The number of carboxylic acids is 1. The van der Waals surface area contributed by atoms with E-state index in [4.69, 9.17) is 5.11 Å². The molecule has 1 N–H and O–H groups in total. The molecule has 0 spiro atoms. The number of Topliss-reactive ketones (excluding diaryl/α,β-unsaturated/α-hetero) is 1. The Hall–Kier alpha value is -1.64. The number of aliphatic carboxylic acids is 1. The lowest BCUT2D eigenvalue weighted by atomic mass is 10.0. The monoisotopic (exact) mass is 192 g/mol. The molecule has 3 heteroatoms. The molecule has 0 aliphatic carbocycles. The smallest absolute Gasteiger partial charge is 0.311 e. The highest BCUT2D eigenvalue weighted by Crippen LogP contribution is 2.12. The number of aryl methyl sites for hydroxylation is 2. The lowest BCUT2D eigenvalue weighted by Gasteiger charge is -2.03. The van der Waals surface area contributed by atoms with E-state index in [0.29, 0.717) is 5.56 Å². The lowest BCUT2D eigenvalue weighted by molar-refractivity contribution is -0.135. The normalized spacial score (nSPS) is 9.86. The third kappa shape index (κ3) is 2.42. The van der Waals surface area contributed by atoms with Gasteiger partial charge in [-0.05, 0) is 19.4 Å². The number of rotatable bonds is 3. The van der Waals surface area contributed by atoms with Gasteiger partial charge in [0.25, 0.3) is 0 Å². The van der Waals surface area contributed by atoms with E-state index in [1.807, 2.05) is 26.0 Å². The molecule has 0 atom stereocenters. The van der Waals surface area contributed by atoms with Gasteiger partial charge >= 0.3 is 5.97 Å². The van der Waals surface area contributed by atoms with Gasteiger partial charge in [0.2, 0.25) is 0 Å². The highest BCUT2D eigenvalue weighted by molar-refractivity contribution is 6.06. The summed E-state index contributed by atoms with van der Waals surface area (Å²) in [4.78, 5) is 21.7. The minimum absolute atomic E-state index is 0.338. The summed E-state index contributed by atoms with van der Waals surface area (Å²) in [5.41, 5.74) is 2.39. The molecule has 1 rings (SSSR count). The number of hydrogen-bond acceptors (Lipinski definition) is 2. The van der Waals surface area contributed by atoms with Crippen molar-refractivity contribution in [2.75, 3.05) is 0 Å². The quantitative estimate of drug-likeness (QED) is 0.588. The zero-order valence-electron chi connectivity index (χ0n) is 8.20. The molecule has 0 amide bonds. The second kappa shape index (κ2) is 4.05. The topological polar surface area (TPSA) is 54.4 Å². The van der Waals surface area contributed by atoms with E-state index >= 15 is 0 Å². The Morgan fingerprint density at radius 2 is 1.93 bits per heavy atom. The summed E-state index contributed by atoms with van der Waals surface area (Å²) in [6, 6.07) is 5.35. The van der Waals surface area contributed by atoms with Crippen LogP contribution in [0.2, 0.25) is 0 Å². The number of carboxylic acid groups (broad SMARTS) is 1. The van der Waals surface area contributed by atoms with Crippen LogP contribution in [0.5, 0.6) is 0 Å². The molecule has 0 saturated heterocycles. The minimum atomic E-state index is -1.09. The summed E-state index contributed by atoms with van der Waals surface area (Å²) < 4.78 is 0. The average molecular weight is 192 g/mol. The van der Waals surface area contributed by atoms with Gasteiger partial charge in [0.05, 0.1) is 0 Å². The molecule has 1 aromatic carbocycles. The Kier molecular flexibility index (Phi) is 3.02. The molecule has 0 radical (unpaired) electrons. The zero-order valence-corrected chi connectivity index (χ0v) is 8.20. The molecule has 74 valence electrons. The Morgan fingerprint density at radius 3 is 2.43 bits per heavy atom. The van der Waals surface area contributed by atoms with E-state index in [9.17, 15) is 9.59 Å². The Bertz CT molecular complexity index is 380. The first-order chi connectivity index (χ1) is 6.50. The van der Waals surface area contributed by atoms with E-state index in [-0.39, 0.29) is 5.78 Å². The van der Waals surface area contributed by atoms with Crippen LogP contribution in [0.1, 0.15) is 27.9 Å². The first kappa shape index (κ1) is 10.4. The van der Waals surface area contributed by atoms with E-state index < -0.39 is 12.4 Å². The molecule has 0 unspecified atom stereocenters. The summed E-state index contributed by atoms with van der Waals surface area (Å²) in [5.74, 6) is -1.43. The SMILES string of the molecule is Cc1ccc(C(=O)CC(=O)O)c(C)c1. The largest absolute Gasteiger partial charge is 0.481 e. The number of ketones is 1. The van der Waals surface area contributed by atoms with Crippen LogP contribution < -0.4 is 0 Å². The maximum Gasteiger partial charge on any atom is 0.311 e. The number of carbonyl (C=O) groups is 2. The molecule has 1 aromatic rings. The molecule has 0 aliphatic rings. The standard InChI is InChI=1S/C11H12O3/c1-7-3-4-9(8(2)5-7)10(12)6-11(13)14/h3-5H,6H2,1-2H3,(H,13,14). The van der Waals surface area contributed by atoms with Crippen molar-refractivity contribution in [1.29, 1.82) is 0 Å². The van der Waals surface area contributed by atoms with Gasteiger partial charge in [-0.1, -0.05) is 23.8 Å². The van der Waals surface area contributed by atoms with Gasteiger partial charge in [0.1, 0.15) is 6.42 Å². The third-order valence-electron chi connectivity index (χ3n) is 1.99. The van der Waals surface area contributed by atoms with Crippen molar-refractivity contribution in [3.05, 3.63) is 34.9 Å². The van der Waals surface area contributed by atoms with Crippen LogP contribution in [0.15, 0.2) is 18.2 Å². The first-order valence-electron chi connectivity index (χ1n) is 4.33. The van der Waals surface area contributed by atoms with Gasteiger partial charge < -0.3 is 5.11 Å². The van der Waals surface area contributed by atoms with E-state index in [0.717, 1.165) is 11.1 Å². The molecule has 0 saturated carbocycles. The summed E-state index contributed by atoms with van der Waals surface area (Å²) in [6.45, 7) is 3.74. The highest BCUT2D eigenvalue weighted by atomic mass is 16.4. The number of benzene rings is 1. The summed E-state index contributed by atoms with van der Waals surface area (Å²) in [5, 5.41) is 8.47. The maximum absolute atomic E-state index is 11.4. The van der Waals surface area contributed by atoms with Crippen LogP contribution >= 0.6 is 0 Å². The minimum Gasteiger partial charge on any atom is -0.481 e. The van der Waals surface area contributed by atoms with Gasteiger partial charge in [-0.25, -0.2) is 0 Å². The fourth-order valence-corrected chi connectivity index (χ4v) is 1.36. The van der Waals surface area contributed by atoms with Gasteiger partial charge in [-0.2, -0.15) is 0 Å². The van der Waals surface area contributed by atoms with Crippen LogP contribution in [-0.4, -0.2) is 16.9 Å². The second-order valence-corrected chi connectivity index (χ2v) is 3.31. The highest BCUT2D eigenvalue weighted by Gasteiger charge is 2.12. The van der Waals surface area contributed by atoms with Crippen molar-refractivity contribution in [1.82, 2.24) is 0 Å². The van der Waals surface area contributed by atoms with Gasteiger partial charge in [-0.3, -0.25) is 9.59 Å². The fraction of sp³-hybridized carbons (Fsp3) is 0.273. The van der Waals surface area contributed by atoms with Gasteiger partial charge in [-0.15, -0.1) is 0 Å². The number of carbonyl (C=O) groups excluding carboxylic acids is 1. The van der Waals surface area contributed by atoms with Crippen LogP contribution in [0, 0.1) is 13.8 Å². The van der Waals surface area contributed by atoms with Gasteiger partial charge in [0.15, 0.2) is 5.78 Å². The molecule has 3 nitrogen and oxygen atoms in total. The zero-order chi connectivity index (χ0) is 10.7. The van der Waals surface area contributed by atoms with Crippen LogP contribution in [0.3, 0.4) is 0 Å². The Morgan fingerprint density at radius 1 is 1.29 bits per heavy atom. The van der Waals surface area contributed by atoms with E-state index in [1.54, 1.807) is 6.07 Å². The molecule has 0 bridgehead atoms. The van der Waals surface area contributed by atoms with Crippen molar-refractivity contribution in [3.63, 3.8) is 0 Å². The fourth-order valence-electron chi connectivity index (χ4n) is 1.36. The predicted molar refractivity (Wildman–Crippen MR) is 52.5 cm³/mol. The molecule has 0 heterocycles. The molecule has 0 aliphatic heterocycles. The van der Waals surface area contributed by atoms with Crippen LogP contribution in [0.4, 0.5) is 0 Å². The van der Waals surface area contributed by atoms with Gasteiger partial charge in [0, 0.05) is 5.56 Å². The van der Waals surface area contributed by atoms with Crippen LogP contribution in [0.25, 0.3) is 0 Å². The van der Waals surface area contributed by atoms with Crippen molar-refractivity contribution in [3.8, 4) is 0 Å². The number of hydrogen-bond donors (Lipinski definition) is 1. The van der Waals surface area contributed by atoms with Crippen molar-refractivity contribution < 1.29 is 14.7 Å². The van der Waals surface area contributed by atoms with Crippen molar-refractivity contribution in [2.45, 2.75) is 20.3 Å². The molecule has 14 heavy (non-hydrogen) atoms. The third-order valence-corrected chi connectivity index (χ3v) is 1.99. The molecular formula is C11H12O3. The molecule has 0 aromatic heterocycles. The maximum atomic E-state index is 11.4. The lowest BCUT2D eigenvalue weighted by Crippen LogP contribution is -2.08. The first-order valence-corrected chi connectivity index (χ1v) is 4.33. The van der Waals surface area contributed by atoms with Crippen molar-refractivity contribution >= 4 is 11.8 Å². The van der Waals surface area contributed by atoms with Crippen LogP contribution in [-0.2, 0) is 4.79 Å². The van der Waals surface area contributed by atoms with E-state index in [2.05, 4.69) is 0 Å². The van der Waals surface area contributed by atoms with E-state index in [1.165, 1.54) is 0 Å². The Balaban J connectivity index is 2.96. The summed E-state index contributed by atoms with van der Waals surface area (Å²) >= 11 is 0. The Labute approximate surface area is 82.4 Å².